The molecule has 0 aliphatic carbocycles. The zero-order chi connectivity index (χ0) is 24.7. The quantitative estimate of drug-likeness (QED) is 0.306. The van der Waals surface area contributed by atoms with Crippen molar-refractivity contribution in [2.75, 3.05) is 0 Å². The van der Waals surface area contributed by atoms with Gasteiger partial charge in [0.05, 0.1) is 17.7 Å². The molecule has 2 aromatic rings. The zero-order valence-corrected chi connectivity index (χ0v) is 20.2. The molecule has 176 valence electrons. The van der Waals surface area contributed by atoms with Gasteiger partial charge >= 0.3 is 5.97 Å². The highest BCUT2D eigenvalue weighted by molar-refractivity contribution is 9.10. The van der Waals surface area contributed by atoms with Crippen LogP contribution < -0.4 is 0 Å². The molecule has 0 radical (unpaired) electrons. The summed E-state index contributed by atoms with van der Waals surface area (Å²) in [5, 5.41) is 8.30. The summed E-state index contributed by atoms with van der Waals surface area (Å²) in [5.74, 6) is -3.63. The number of hydrogen-bond acceptors (Lipinski definition) is 6. The van der Waals surface area contributed by atoms with Gasteiger partial charge in [-0.15, -0.1) is 0 Å². The molecule has 4 unspecified atom stereocenters. The molecule has 4 rings (SSSR count). The highest BCUT2D eigenvalue weighted by Gasteiger charge is 2.62. The number of aliphatic carboxylic acids is 1. The van der Waals surface area contributed by atoms with Crippen molar-refractivity contribution in [2.24, 2.45) is 0 Å². The van der Waals surface area contributed by atoms with Crippen LogP contribution >= 0.6 is 15.9 Å². The Balaban J connectivity index is 1.66. The molecule has 3 amide bonds. The number of halogens is 1. The van der Waals surface area contributed by atoms with E-state index in [4.69, 9.17) is 4.18 Å². The van der Waals surface area contributed by atoms with E-state index in [1.807, 2.05) is 0 Å². The van der Waals surface area contributed by atoms with Crippen molar-refractivity contribution in [3.63, 3.8) is 0 Å². The third kappa shape index (κ3) is 3.99. The fraction of sp³-hybridized carbons (Fsp3) is 0.217. The van der Waals surface area contributed by atoms with E-state index in [9.17, 15) is 28.5 Å². The normalized spacial score (nSPS) is 21.2. The average Bonchev–Trinajstić information content (AvgIpc) is 3.04. The van der Waals surface area contributed by atoms with Crippen LogP contribution in [0.25, 0.3) is 0 Å². The number of benzene rings is 2. The molecule has 11 heteroatoms. The SMILES string of the molecule is C=C(C)C(C(=O)O)N1C(=O)C(N2C(=O)c3ccccc3C2=O)C1S(=O)OCc1ccc(Br)cc1. The molecule has 1 saturated heterocycles. The number of imide groups is 1. The van der Waals surface area contributed by atoms with Crippen LogP contribution in [0.2, 0.25) is 0 Å². The van der Waals surface area contributed by atoms with Gasteiger partial charge in [0.25, 0.3) is 17.7 Å². The summed E-state index contributed by atoms with van der Waals surface area (Å²) in [7, 11) is 0. The highest BCUT2D eigenvalue weighted by atomic mass is 79.9. The maximum absolute atomic E-state index is 13.2. The van der Waals surface area contributed by atoms with Crippen molar-refractivity contribution in [3.8, 4) is 0 Å². The first-order valence-corrected chi connectivity index (χ1v) is 12.0. The second-order valence-electron chi connectivity index (χ2n) is 7.84. The Kier molecular flexibility index (Phi) is 6.52. The van der Waals surface area contributed by atoms with Crippen molar-refractivity contribution in [1.29, 1.82) is 0 Å². The molecular formula is C23H19BrN2O7S. The third-order valence-electron chi connectivity index (χ3n) is 5.59. The van der Waals surface area contributed by atoms with Crippen molar-refractivity contribution in [1.82, 2.24) is 9.80 Å². The number of amides is 3. The number of β-lactam (4-membered cyclic amide) rings is 1. The first-order chi connectivity index (χ1) is 16.1. The van der Waals surface area contributed by atoms with Crippen LogP contribution in [0.5, 0.6) is 0 Å². The van der Waals surface area contributed by atoms with Gasteiger partial charge in [-0.1, -0.05) is 46.8 Å². The van der Waals surface area contributed by atoms with Gasteiger partial charge in [-0.3, -0.25) is 23.5 Å². The summed E-state index contributed by atoms with van der Waals surface area (Å²) >= 11 is 1.05. The lowest BCUT2D eigenvalue weighted by Gasteiger charge is -2.50. The molecular weight excluding hydrogens is 528 g/mol. The van der Waals surface area contributed by atoms with Crippen LogP contribution in [0.1, 0.15) is 33.2 Å². The Morgan fingerprint density at radius 3 is 2.18 bits per heavy atom. The lowest BCUT2D eigenvalue weighted by Crippen LogP contribution is -2.76. The molecule has 9 nitrogen and oxygen atoms in total. The summed E-state index contributed by atoms with van der Waals surface area (Å²) in [6, 6.07) is 10.1. The zero-order valence-electron chi connectivity index (χ0n) is 17.8. The number of carboxylic acid groups (broad SMARTS) is 1. The summed E-state index contributed by atoms with van der Waals surface area (Å²) in [6.07, 6.45) is 0. The Bertz CT molecular complexity index is 1200. The molecule has 2 aliphatic heterocycles. The van der Waals surface area contributed by atoms with Gasteiger partial charge in [-0.25, -0.2) is 9.00 Å². The van der Waals surface area contributed by atoms with E-state index >= 15 is 0 Å². The molecule has 0 bridgehead atoms. The minimum Gasteiger partial charge on any atom is -0.479 e. The predicted octanol–water partition coefficient (Wildman–Crippen LogP) is 2.49. The van der Waals surface area contributed by atoms with E-state index in [1.165, 1.54) is 19.1 Å². The van der Waals surface area contributed by atoms with Crippen molar-refractivity contribution in [3.05, 3.63) is 81.8 Å². The van der Waals surface area contributed by atoms with Crippen LogP contribution in [0, 0.1) is 0 Å². The summed E-state index contributed by atoms with van der Waals surface area (Å²) in [5.41, 5.74) is 1.04. The van der Waals surface area contributed by atoms with Gasteiger partial charge in [0.1, 0.15) is 0 Å². The topological polar surface area (TPSA) is 121 Å². The maximum Gasteiger partial charge on any atom is 0.330 e. The fourth-order valence-electron chi connectivity index (χ4n) is 3.98. The van der Waals surface area contributed by atoms with Crippen LogP contribution in [-0.4, -0.2) is 60.3 Å². The number of hydrogen-bond donors (Lipinski definition) is 1. The lowest BCUT2D eigenvalue weighted by molar-refractivity contribution is -0.162. The van der Waals surface area contributed by atoms with Gasteiger partial charge in [-0.2, -0.15) is 0 Å². The van der Waals surface area contributed by atoms with Crippen molar-refractivity contribution < 1.29 is 32.7 Å². The fourth-order valence-corrected chi connectivity index (χ4v) is 5.50. The molecule has 1 fully saturated rings. The Labute approximate surface area is 205 Å². The van der Waals surface area contributed by atoms with Gasteiger partial charge in [-0.05, 0) is 42.3 Å². The molecule has 0 aromatic heterocycles. The van der Waals surface area contributed by atoms with Gasteiger partial charge in [0.15, 0.2) is 28.5 Å². The van der Waals surface area contributed by atoms with Crippen molar-refractivity contribution in [2.45, 2.75) is 31.0 Å². The largest absolute Gasteiger partial charge is 0.479 e. The van der Waals surface area contributed by atoms with Crippen molar-refractivity contribution >= 4 is 50.7 Å². The second kappa shape index (κ2) is 9.24. The van der Waals surface area contributed by atoms with Crippen LogP contribution in [-0.2, 0) is 31.5 Å². The molecule has 1 N–H and O–H groups in total. The van der Waals surface area contributed by atoms with Crippen LogP contribution in [0.15, 0.2) is 65.2 Å². The Hall–Kier alpha value is -3.15. The minimum absolute atomic E-state index is 0.0991. The molecule has 2 aliphatic rings. The average molecular weight is 547 g/mol. The van der Waals surface area contributed by atoms with Gasteiger partial charge < -0.3 is 10.0 Å². The predicted molar refractivity (Wildman–Crippen MR) is 125 cm³/mol. The smallest absolute Gasteiger partial charge is 0.330 e. The first-order valence-electron chi connectivity index (χ1n) is 10.1. The first kappa shape index (κ1) is 24.0. The molecule has 2 aromatic carbocycles. The van der Waals surface area contributed by atoms with E-state index in [-0.39, 0.29) is 23.3 Å². The number of rotatable bonds is 8. The van der Waals surface area contributed by atoms with E-state index < -0.39 is 52.2 Å². The molecule has 34 heavy (non-hydrogen) atoms. The van der Waals surface area contributed by atoms with E-state index in [0.29, 0.717) is 5.56 Å². The number of carbonyl (C=O) groups excluding carboxylic acids is 3. The van der Waals surface area contributed by atoms with Gasteiger partial charge in [0, 0.05) is 4.47 Å². The molecule has 0 spiro atoms. The summed E-state index contributed by atoms with van der Waals surface area (Å²) < 4.78 is 19.6. The maximum atomic E-state index is 13.2. The van der Waals surface area contributed by atoms with Crippen LogP contribution in [0.3, 0.4) is 0 Å². The highest BCUT2D eigenvalue weighted by Crippen LogP contribution is 2.37. The Morgan fingerprint density at radius 2 is 1.68 bits per heavy atom. The minimum atomic E-state index is -2.27. The number of carboxylic acids is 1. The number of carbonyl (C=O) groups is 4. The van der Waals surface area contributed by atoms with E-state index in [0.717, 1.165) is 14.3 Å². The standard InChI is InChI=1S/C23H19BrN2O7S/c1-12(2)17(23(30)31)26-21(29)18(25-19(27)15-5-3-4-6-16(15)20(25)28)22(26)34(32)33-11-13-7-9-14(24)10-8-13/h3-10,17-18,22H,1,11H2,2H3,(H,30,31). The monoisotopic (exact) mass is 546 g/mol. The Morgan fingerprint density at radius 1 is 1.12 bits per heavy atom. The molecule has 2 heterocycles. The van der Waals surface area contributed by atoms with E-state index in [2.05, 4.69) is 22.5 Å². The summed E-state index contributed by atoms with van der Waals surface area (Å²) in [4.78, 5) is 52.6. The number of nitrogens with zero attached hydrogens (tertiary/aromatic N) is 2. The second-order valence-corrected chi connectivity index (χ2v) is 10.00. The summed E-state index contributed by atoms with van der Waals surface area (Å²) in [6.45, 7) is 4.95. The van der Waals surface area contributed by atoms with E-state index in [1.54, 1.807) is 36.4 Å². The lowest BCUT2D eigenvalue weighted by atomic mass is 9.98. The third-order valence-corrected chi connectivity index (χ3v) is 7.34. The molecule has 4 atom stereocenters. The van der Waals surface area contributed by atoms with Crippen LogP contribution in [0.4, 0.5) is 0 Å². The van der Waals surface area contributed by atoms with Gasteiger partial charge in [0.2, 0.25) is 0 Å². The molecule has 0 saturated carbocycles. The number of fused-ring (bicyclic) bond motifs is 1. The number of likely N-dealkylation sites (tertiary alicyclic amines) is 1.